The van der Waals surface area contributed by atoms with E-state index in [0.717, 1.165) is 11.1 Å². The van der Waals surface area contributed by atoms with Crippen molar-refractivity contribution in [1.29, 1.82) is 0 Å². The first kappa shape index (κ1) is 17.2. The third kappa shape index (κ3) is 2.53. The molecule has 0 bridgehead atoms. The van der Waals surface area contributed by atoms with Crippen LogP contribution >= 0.6 is 11.6 Å². The summed E-state index contributed by atoms with van der Waals surface area (Å²) in [6.07, 6.45) is -4.44. The molecule has 0 aromatic heterocycles. The zero-order valence-corrected chi connectivity index (χ0v) is 14.6. The van der Waals surface area contributed by atoms with Gasteiger partial charge in [-0.2, -0.15) is 13.2 Å². The second-order valence-corrected chi connectivity index (χ2v) is 7.10. The number of halogens is 4. The Balaban J connectivity index is 1.96. The summed E-state index contributed by atoms with van der Waals surface area (Å²) in [5.74, 6) is -0.328. The summed E-state index contributed by atoms with van der Waals surface area (Å²) >= 11 is 5.96. The van der Waals surface area contributed by atoms with Gasteiger partial charge in [-0.25, -0.2) is 0 Å². The van der Waals surface area contributed by atoms with E-state index >= 15 is 0 Å². The van der Waals surface area contributed by atoms with Gasteiger partial charge in [-0.05, 0) is 40.8 Å². The molecule has 0 fully saturated rings. The van der Waals surface area contributed by atoms with E-state index in [1.165, 1.54) is 0 Å². The standard InChI is InChI=1S/C22H16ClF3/c23-17-12-10-15(11-13-17)19-14-21(22(24,25)26,16-6-2-1-3-7-16)20-9-5-4-8-18(19)20/h1-13,19H,14H2/t19-,21+/m0/s1. The van der Waals surface area contributed by atoms with E-state index in [2.05, 4.69) is 0 Å². The molecule has 26 heavy (non-hydrogen) atoms. The maximum absolute atomic E-state index is 14.5. The zero-order valence-electron chi connectivity index (χ0n) is 13.8. The first-order chi connectivity index (χ1) is 12.4. The second kappa shape index (κ2) is 6.17. The van der Waals surface area contributed by atoms with Crippen molar-refractivity contribution in [2.75, 3.05) is 0 Å². The monoisotopic (exact) mass is 372 g/mol. The van der Waals surface area contributed by atoms with Crippen LogP contribution in [0.15, 0.2) is 78.9 Å². The molecule has 1 aliphatic rings. The molecule has 4 heteroatoms. The van der Waals surface area contributed by atoms with Gasteiger partial charge < -0.3 is 0 Å². The van der Waals surface area contributed by atoms with Crippen molar-refractivity contribution >= 4 is 11.6 Å². The quantitative estimate of drug-likeness (QED) is 0.468. The van der Waals surface area contributed by atoms with Crippen LogP contribution in [-0.2, 0) is 5.41 Å². The van der Waals surface area contributed by atoms with E-state index in [-0.39, 0.29) is 17.9 Å². The number of alkyl halides is 3. The highest BCUT2D eigenvalue weighted by atomic mass is 35.5. The summed E-state index contributed by atoms with van der Waals surface area (Å²) < 4.78 is 43.5. The number of rotatable bonds is 2. The third-order valence-electron chi connectivity index (χ3n) is 5.33. The van der Waals surface area contributed by atoms with Crippen molar-refractivity contribution in [3.05, 3.63) is 106 Å². The minimum atomic E-state index is -4.40. The second-order valence-electron chi connectivity index (χ2n) is 6.66. The maximum Gasteiger partial charge on any atom is 0.402 e. The molecule has 0 nitrogen and oxygen atoms in total. The van der Waals surface area contributed by atoms with Crippen LogP contribution in [-0.4, -0.2) is 6.18 Å². The Labute approximate surface area is 155 Å². The Morgan fingerprint density at radius 3 is 2.08 bits per heavy atom. The summed E-state index contributed by atoms with van der Waals surface area (Å²) in [5.41, 5.74) is 0.213. The Kier molecular flexibility index (Phi) is 4.07. The van der Waals surface area contributed by atoms with Crippen LogP contribution in [0, 0.1) is 0 Å². The Morgan fingerprint density at radius 1 is 0.808 bits per heavy atom. The molecular formula is C22H16ClF3. The highest BCUT2D eigenvalue weighted by Gasteiger charge is 2.61. The van der Waals surface area contributed by atoms with Crippen LogP contribution in [0.25, 0.3) is 0 Å². The summed E-state index contributed by atoms with van der Waals surface area (Å²) in [6, 6.07) is 22.3. The van der Waals surface area contributed by atoms with Gasteiger partial charge in [0, 0.05) is 10.9 Å². The molecular weight excluding hydrogens is 357 g/mol. The molecule has 3 aromatic rings. The van der Waals surface area contributed by atoms with Crippen molar-refractivity contribution in [2.24, 2.45) is 0 Å². The van der Waals surface area contributed by atoms with Crippen LogP contribution in [0.2, 0.25) is 5.02 Å². The smallest absolute Gasteiger partial charge is 0.170 e. The van der Waals surface area contributed by atoms with E-state index in [4.69, 9.17) is 11.6 Å². The van der Waals surface area contributed by atoms with E-state index in [1.54, 1.807) is 60.7 Å². The Hall–Kier alpha value is -2.26. The molecule has 0 aliphatic heterocycles. The van der Waals surface area contributed by atoms with Gasteiger partial charge in [-0.15, -0.1) is 0 Å². The molecule has 0 N–H and O–H groups in total. The van der Waals surface area contributed by atoms with Crippen molar-refractivity contribution in [3.8, 4) is 0 Å². The van der Waals surface area contributed by atoms with Crippen molar-refractivity contribution in [1.82, 2.24) is 0 Å². The molecule has 4 rings (SSSR count). The summed E-state index contributed by atoms with van der Waals surface area (Å²) in [4.78, 5) is 0. The van der Waals surface area contributed by atoms with E-state index < -0.39 is 11.6 Å². The highest BCUT2D eigenvalue weighted by Crippen LogP contribution is 2.59. The molecule has 0 amide bonds. The van der Waals surface area contributed by atoms with Crippen LogP contribution in [0.3, 0.4) is 0 Å². The lowest BCUT2D eigenvalue weighted by Crippen LogP contribution is -2.41. The number of hydrogen-bond acceptors (Lipinski definition) is 0. The van der Waals surface area contributed by atoms with Gasteiger partial charge in [0.25, 0.3) is 0 Å². The van der Waals surface area contributed by atoms with E-state index in [0.29, 0.717) is 10.6 Å². The summed E-state index contributed by atoms with van der Waals surface area (Å²) in [5, 5.41) is 0.574. The first-order valence-corrected chi connectivity index (χ1v) is 8.78. The number of benzene rings is 3. The van der Waals surface area contributed by atoms with Gasteiger partial charge in [0.15, 0.2) is 0 Å². The van der Waals surface area contributed by atoms with E-state index in [9.17, 15) is 13.2 Å². The van der Waals surface area contributed by atoms with Crippen molar-refractivity contribution in [3.63, 3.8) is 0 Å². The van der Waals surface area contributed by atoms with Crippen molar-refractivity contribution < 1.29 is 13.2 Å². The molecule has 0 heterocycles. The van der Waals surface area contributed by atoms with E-state index in [1.807, 2.05) is 18.2 Å². The lowest BCUT2D eigenvalue weighted by atomic mass is 9.74. The van der Waals surface area contributed by atoms with Crippen molar-refractivity contribution in [2.45, 2.75) is 23.9 Å². The fourth-order valence-corrected chi connectivity index (χ4v) is 4.26. The summed E-state index contributed by atoms with van der Waals surface area (Å²) in [7, 11) is 0. The molecule has 1 aliphatic carbocycles. The zero-order chi connectivity index (χ0) is 18.4. The van der Waals surface area contributed by atoms with Crippen LogP contribution in [0.5, 0.6) is 0 Å². The third-order valence-corrected chi connectivity index (χ3v) is 5.58. The van der Waals surface area contributed by atoms with Gasteiger partial charge in [0.1, 0.15) is 5.41 Å². The fourth-order valence-electron chi connectivity index (χ4n) is 4.14. The van der Waals surface area contributed by atoms with Gasteiger partial charge in [0.05, 0.1) is 0 Å². The average Bonchev–Trinajstić information content (AvgIpc) is 3.00. The molecule has 0 saturated heterocycles. The first-order valence-electron chi connectivity index (χ1n) is 8.40. The fraction of sp³-hybridized carbons (Fsp3) is 0.182. The van der Waals surface area contributed by atoms with Gasteiger partial charge in [-0.3, -0.25) is 0 Å². The molecule has 3 aromatic carbocycles. The molecule has 0 radical (unpaired) electrons. The molecule has 0 unspecified atom stereocenters. The number of hydrogen-bond donors (Lipinski definition) is 0. The highest BCUT2D eigenvalue weighted by molar-refractivity contribution is 6.30. The van der Waals surface area contributed by atoms with Crippen LogP contribution in [0.4, 0.5) is 13.2 Å². The molecule has 132 valence electrons. The minimum absolute atomic E-state index is 0.0402. The maximum atomic E-state index is 14.5. The topological polar surface area (TPSA) is 0 Å². The predicted molar refractivity (Wildman–Crippen MR) is 97.6 cm³/mol. The Bertz CT molecular complexity index is 916. The van der Waals surface area contributed by atoms with Crippen LogP contribution < -0.4 is 0 Å². The molecule has 2 atom stereocenters. The normalized spacial score (nSPS) is 22.2. The van der Waals surface area contributed by atoms with Gasteiger partial charge >= 0.3 is 6.18 Å². The predicted octanol–water partition coefficient (Wildman–Crippen LogP) is 6.72. The van der Waals surface area contributed by atoms with Gasteiger partial charge in [0.2, 0.25) is 0 Å². The number of fused-ring (bicyclic) bond motifs is 1. The molecule has 0 saturated carbocycles. The Morgan fingerprint density at radius 2 is 1.42 bits per heavy atom. The van der Waals surface area contributed by atoms with Crippen LogP contribution in [0.1, 0.15) is 34.6 Å². The minimum Gasteiger partial charge on any atom is -0.170 e. The SMILES string of the molecule is FC(F)(F)[C@@]1(c2ccccc2)C[C@@H](c2ccc(Cl)cc2)c2ccccc21. The molecule has 0 spiro atoms. The average molecular weight is 373 g/mol. The lowest BCUT2D eigenvalue weighted by molar-refractivity contribution is -0.178. The summed E-state index contributed by atoms with van der Waals surface area (Å²) in [6.45, 7) is 0. The largest absolute Gasteiger partial charge is 0.402 e. The van der Waals surface area contributed by atoms with Gasteiger partial charge in [-0.1, -0.05) is 78.3 Å². The lowest BCUT2D eigenvalue weighted by Gasteiger charge is -2.34.